The molecule has 8 heteroatoms. The van der Waals surface area contributed by atoms with Crippen LogP contribution < -0.4 is 5.32 Å². The normalized spacial score (nSPS) is 14.2. The van der Waals surface area contributed by atoms with E-state index in [0.717, 1.165) is 12.1 Å². The topological polar surface area (TPSA) is 46.2 Å². The standard InChI is InChI=1S/C11H13ClF3NO2S/c1-8(12)6-7-16-9-2-4-10(5-3-9)19(17,18)11(13,14)15/h2-5,8,16H,6-7H2,1H3. The maximum atomic E-state index is 12.3. The Morgan fingerprint density at radius 1 is 1.26 bits per heavy atom. The molecule has 1 unspecified atom stereocenters. The Morgan fingerprint density at radius 2 is 1.79 bits per heavy atom. The first-order valence-corrected chi connectivity index (χ1v) is 7.36. The monoisotopic (exact) mass is 315 g/mol. The Kier molecular flexibility index (Phi) is 5.09. The molecule has 1 atom stereocenters. The van der Waals surface area contributed by atoms with Crippen LogP contribution in [0, 0.1) is 0 Å². The number of sulfone groups is 1. The molecule has 0 aliphatic heterocycles. The van der Waals surface area contributed by atoms with E-state index in [9.17, 15) is 21.6 Å². The average Bonchev–Trinajstić information content (AvgIpc) is 2.27. The van der Waals surface area contributed by atoms with E-state index in [-0.39, 0.29) is 5.38 Å². The molecule has 0 aliphatic rings. The highest BCUT2D eigenvalue weighted by Gasteiger charge is 2.46. The molecule has 0 saturated carbocycles. The summed E-state index contributed by atoms with van der Waals surface area (Å²) in [6, 6.07) is 4.43. The Hall–Kier alpha value is -0.950. The summed E-state index contributed by atoms with van der Waals surface area (Å²) in [5, 5.41) is 2.92. The molecular weight excluding hydrogens is 303 g/mol. The molecular formula is C11H13ClF3NO2S. The van der Waals surface area contributed by atoms with Crippen LogP contribution in [0.2, 0.25) is 0 Å². The third-order valence-electron chi connectivity index (χ3n) is 2.34. The summed E-state index contributed by atoms with van der Waals surface area (Å²) in [5.41, 5.74) is -4.74. The fourth-order valence-electron chi connectivity index (χ4n) is 1.30. The number of alkyl halides is 4. The molecule has 0 radical (unpaired) electrons. The summed E-state index contributed by atoms with van der Waals surface area (Å²) in [7, 11) is -5.28. The number of halogens is 4. The minimum atomic E-state index is -5.28. The second kappa shape index (κ2) is 6.00. The molecule has 0 aromatic heterocycles. The van der Waals surface area contributed by atoms with Gasteiger partial charge in [-0.2, -0.15) is 13.2 Å². The van der Waals surface area contributed by atoms with Crippen LogP contribution in [0.5, 0.6) is 0 Å². The van der Waals surface area contributed by atoms with E-state index >= 15 is 0 Å². The van der Waals surface area contributed by atoms with E-state index in [1.165, 1.54) is 12.1 Å². The maximum absolute atomic E-state index is 12.3. The van der Waals surface area contributed by atoms with Crippen LogP contribution in [-0.2, 0) is 9.84 Å². The van der Waals surface area contributed by atoms with Crippen molar-refractivity contribution in [3.05, 3.63) is 24.3 Å². The van der Waals surface area contributed by atoms with Crippen molar-refractivity contribution in [3.63, 3.8) is 0 Å². The first-order chi connectivity index (χ1) is 8.64. The van der Waals surface area contributed by atoms with Crippen molar-refractivity contribution in [2.75, 3.05) is 11.9 Å². The molecule has 0 bridgehead atoms. The maximum Gasteiger partial charge on any atom is 0.501 e. The number of hydrogen-bond acceptors (Lipinski definition) is 3. The van der Waals surface area contributed by atoms with E-state index in [4.69, 9.17) is 11.6 Å². The number of hydrogen-bond donors (Lipinski definition) is 1. The van der Waals surface area contributed by atoms with Crippen LogP contribution in [0.4, 0.5) is 18.9 Å². The summed E-state index contributed by atoms with van der Waals surface area (Å²) in [5.74, 6) is 0. The second-order valence-corrected chi connectivity index (χ2v) is 6.66. The van der Waals surface area contributed by atoms with Gasteiger partial charge in [0.15, 0.2) is 0 Å². The van der Waals surface area contributed by atoms with Gasteiger partial charge < -0.3 is 5.32 Å². The number of rotatable bonds is 5. The van der Waals surface area contributed by atoms with E-state index in [1.54, 1.807) is 0 Å². The van der Waals surface area contributed by atoms with Gasteiger partial charge >= 0.3 is 5.51 Å². The molecule has 0 fully saturated rings. The van der Waals surface area contributed by atoms with Crippen LogP contribution in [0.1, 0.15) is 13.3 Å². The first-order valence-electron chi connectivity index (χ1n) is 5.44. The minimum Gasteiger partial charge on any atom is -0.385 e. The van der Waals surface area contributed by atoms with Gasteiger partial charge in [-0.1, -0.05) is 0 Å². The van der Waals surface area contributed by atoms with Gasteiger partial charge in [-0.25, -0.2) is 8.42 Å². The lowest BCUT2D eigenvalue weighted by molar-refractivity contribution is -0.0436. The largest absolute Gasteiger partial charge is 0.501 e. The molecule has 1 aromatic rings. The number of nitrogens with one attached hydrogen (secondary N) is 1. The Bertz CT molecular complexity index is 512. The lowest BCUT2D eigenvalue weighted by Crippen LogP contribution is -2.23. The van der Waals surface area contributed by atoms with Crippen molar-refractivity contribution in [1.29, 1.82) is 0 Å². The fourth-order valence-corrected chi connectivity index (χ4v) is 2.17. The molecule has 0 heterocycles. The zero-order valence-electron chi connectivity index (χ0n) is 10.0. The molecule has 1 N–H and O–H groups in total. The van der Waals surface area contributed by atoms with Crippen molar-refractivity contribution >= 4 is 27.1 Å². The van der Waals surface area contributed by atoms with Gasteiger partial charge in [-0.15, -0.1) is 11.6 Å². The van der Waals surface area contributed by atoms with Crippen molar-refractivity contribution in [1.82, 2.24) is 0 Å². The predicted octanol–water partition coefficient (Wildman–Crippen LogP) is 3.41. The third-order valence-corrected chi connectivity index (χ3v) is 4.06. The highest BCUT2D eigenvalue weighted by molar-refractivity contribution is 7.92. The number of benzene rings is 1. The quantitative estimate of drug-likeness (QED) is 0.847. The van der Waals surface area contributed by atoms with Gasteiger partial charge in [0.1, 0.15) is 0 Å². The smallest absolute Gasteiger partial charge is 0.385 e. The third kappa shape index (κ3) is 4.28. The van der Waals surface area contributed by atoms with Crippen LogP contribution in [0.15, 0.2) is 29.2 Å². The van der Waals surface area contributed by atoms with E-state index < -0.39 is 20.2 Å². The molecule has 1 rings (SSSR count). The predicted molar refractivity (Wildman–Crippen MR) is 68.1 cm³/mol. The summed E-state index contributed by atoms with van der Waals surface area (Å²) in [6.07, 6.45) is 0.685. The van der Waals surface area contributed by atoms with Crippen molar-refractivity contribution in [2.45, 2.75) is 29.1 Å². The molecule has 3 nitrogen and oxygen atoms in total. The van der Waals surface area contributed by atoms with Gasteiger partial charge in [-0.05, 0) is 37.6 Å². The van der Waals surface area contributed by atoms with Crippen molar-refractivity contribution < 1.29 is 21.6 Å². The molecule has 108 valence electrons. The highest BCUT2D eigenvalue weighted by atomic mass is 35.5. The molecule has 0 saturated heterocycles. The minimum absolute atomic E-state index is 0.0163. The Morgan fingerprint density at radius 3 is 2.21 bits per heavy atom. The lowest BCUT2D eigenvalue weighted by Gasteiger charge is -2.10. The SMILES string of the molecule is CC(Cl)CCNc1ccc(S(=O)(=O)C(F)(F)F)cc1. The van der Waals surface area contributed by atoms with Gasteiger partial charge in [0.2, 0.25) is 0 Å². The lowest BCUT2D eigenvalue weighted by atomic mass is 10.3. The van der Waals surface area contributed by atoms with Crippen LogP contribution in [0.3, 0.4) is 0 Å². The van der Waals surface area contributed by atoms with Gasteiger partial charge in [-0.3, -0.25) is 0 Å². The summed E-state index contributed by atoms with van der Waals surface area (Å²) in [6.45, 7) is 2.37. The zero-order valence-corrected chi connectivity index (χ0v) is 11.6. The molecule has 1 aromatic carbocycles. The van der Waals surface area contributed by atoms with Crippen molar-refractivity contribution in [2.24, 2.45) is 0 Å². The summed E-state index contributed by atoms with van der Waals surface area (Å²) in [4.78, 5) is -0.767. The number of anilines is 1. The van der Waals surface area contributed by atoms with Gasteiger partial charge in [0, 0.05) is 17.6 Å². The van der Waals surface area contributed by atoms with E-state index in [0.29, 0.717) is 18.7 Å². The van der Waals surface area contributed by atoms with Crippen LogP contribution in [0.25, 0.3) is 0 Å². The zero-order chi connectivity index (χ0) is 14.7. The fraction of sp³-hybridized carbons (Fsp3) is 0.455. The van der Waals surface area contributed by atoms with Crippen LogP contribution in [-0.4, -0.2) is 25.8 Å². The van der Waals surface area contributed by atoms with E-state index in [2.05, 4.69) is 5.32 Å². The van der Waals surface area contributed by atoms with Gasteiger partial charge in [0.25, 0.3) is 9.84 Å². The van der Waals surface area contributed by atoms with Crippen molar-refractivity contribution in [3.8, 4) is 0 Å². The first kappa shape index (κ1) is 16.1. The molecule has 19 heavy (non-hydrogen) atoms. The van der Waals surface area contributed by atoms with E-state index in [1.807, 2.05) is 6.92 Å². The molecule has 0 amide bonds. The van der Waals surface area contributed by atoms with Crippen LogP contribution >= 0.6 is 11.6 Å². The Balaban J connectivity index is 2.78. The highest BCUT2D eigenvalue weighted by Crippen LogP contribution is 2.30. The molecule has 0 spiro atoms. The Labute approximate surface area is 114 Å². The summed E-state index contributed by atoms with van der Waals surface area (Å²) < 4.78 is 59.1. The molecule has 0 aliphatic carbocycles. The summed E-state index contributed by atoms with van der Waals surface area (Å²) >= 11 is 5.73. The van der Waals surface area contributed by atoms with Gasteiger partial charge in [0.05, 0.1) is 4.90 Å². The second-order valence-electron chi connectivity index (χ2n) is 3.97. The average molecular weight is 316 g/mol.